The maximum atomic E-state index is 11.8. The summed E-state index contributed by atoms with van der Waals surface area (Å²) in [5, 5.41) is 13.7. The molecule has 0 spiro atoms. The number of nitrogens with one attached hydrogen (secondary N) is 2. The van der Waals surface area contributed by atoms with E-state index in [-0.39, 0.29) is 11.7 Å². The van der Waals surface area contributed by atoms with Gasteiger partial charge in [0.15, 0.2) is 17.4 Å². The molecule has 0 bridgehead atoms. The zero-order valence-corrected chi connectivity index (χ0v) is 11.9. The molecule has 22 heavy (non-hydrogen) atoms. The minimum Gasteiger partial charge on any atom is -0.459 e. The van der Waals surface area contributed by atoms with Crippen molar-refractivity contribution in [3.63, 3.8) is 0 Å². The molecule has 1 amide bonds. The molecule has 3 aromatic rings. The number of rotatable bonds is 4. The molecule has 6 nitrogen and oxygen atoms in total. The highest BCUT2D eigenvalue weighted by atomic mass is 16.3. The standard InChI is InChI=1S/C16H14N4O2/c1-11-4-6-12(7-5-11)17-14-8-9-15(20-19-14)18-16(21)13-3-2-10-22-13/h2-10H,1H3,(H,17,19)(H,18,20,21). The van der Waals surface area contributed by atoms with E-state index in [0.29, 0.717) is 11.6 Å². The molecule has 1 aromatic carbocycles. The van der Waals surface area contributed by atoms with Crippen molar-refractivity contribution in [1.82, 2.24) is 10.2 Å². The van der Waals surface area contributed by atoms with E-state index in [0.717, 1.165) is 5.69 Å². The Morgan fingerprint density at radius 1 is 1.00 bits per heavy atom. The van der Waals surface area contributed by atoms with Gasteiger partial charge in [0.05, 0.1) is 6.26 Å². The predicted molar refractivity (Wildman–Crippen MR) is 83.2 cm³/mol. The first-order valence-corrected chi connectivity index (χ1v) is 6.73. The molecule has 0 saturated carbocycles. The molecule has 0 aliphatic carbocycles. The highest BCUT2D eigenvalue weighted by Gasteiger charge is 2.09. The highest BCUT2D eigenvalue weighted by molar-refractivity contribution is 6.01. The van der Waals surface area contributed by atoms with E-state index in [1.165, 1.54) is 11.8 Å². The van der Waals surface area contributed by atoms with Crippen molar-refractivity contribution in [2.24, 2.45) is 0 Å². The summed E-state index contributed by atoms with van der Waals surface area (Å²) in [5.41, 5.74) is 2.11. The predicted octanol–water partition coefficient (Wildman–Crippen LogP) is 3.37. The van der Waals surface area contributed by atoms with E-state index >= 15 is 0 Å². The third-order valence-electron chi connectivity index (χ3n) is 2.98. The molecule has 2 heterocycles. The van der Waals surface area contributed by atoms with Gasteiger partial charge in [-0.1, -0.05) is 17.7 Å². The van der Waals surface area contributed by atoms with Gasteiger partial charge < -0.3 is 15.1 Å². The Hall–Kier alpha value is -3.15. The van der Waals surface area contributed by atoms with E-state index in [9.17, 15) is 4.79 Å². The van der Waals surface area contributed by atoms with Crippen LogP contribution in [0.1, 0.15) is 16.1 Å². The average Bonchev–Trinajstić information content (AvgIpc) is 3.06. The van der Waals surface area contributed by atoms with Crippen LogP contribution in [0.2, 0.25) is 0 Å². The summed E-state index contributed by atoms with van der Waals surface area (Å²) in [7, 11) is 0. The molecule has 0 saturated heterocycles. The lowest BCUT2D eigenvalue weighted by molar-refractivity contribution is 0.0996. The number of hydrogen-bond donors (Lipinski definition) is 2. The summed E-state index contributed by atoms with van der Waals surface area (Å²) in [6, 6.07) is 14.6. The van der Waals surface area contributed by atoms with Gasteiger partial charge in [0.2, 0.25) is 0 Å². The van der Waals surface area contributed by atoms with Crippen LogP contribution in [0.3, 0.4) is 0 Å². The molecule has 0 radical (unpaired) electrons. The highest BCUT2D eigenvalue weighted by Crippen LogP contribution is 2.15. The number of anilines is 3. The van der Waals surface area contributed by atoms with Gasteiger partial charge in [-0.25, -0.2) is 0 Å². The summed E-state index contributed by atoms with van der Waals surface area (Å²) < 4.78 is 5.01. The van der Waals surface area contributed by atoms with E-state index in [2.05, 4.69) is 20.8 Å². The van der Waals surface area contributed by atoms with Crippen LogP contribution in [-0.2, 0) is 0 Å². The number of furan rings is 1. The van der Waals surface area contributed by atoms with Crippen molar-refractivity contribution in [3.8, 4) is 0 Å². The van der Waals surface area contributed by atoms with Crippen molar-refractivity contribution < 1.29 is 9.21 Å². The van der Waals surface area contributed by atoms with Crippen LogP contribution >= 0.6 is 0 Å². The van der Waals surface area contributed by atoms with Crippen LogP contribution in [0.15, 0.2) is 59.2 Å². The summed E-state index contributed by atoms with van der Waals surface area (Å²) >= 11 is 0. The van der Waals surface area contributed by atoms with Crippen LogP contribution in [0, 0.1) is 6.92 Å². The van der Waals surface area contributed by atoms with Gasteiger partial charge in [0.1, 0.15) is 0 Å². The van der Waals surface area contributed by atoms with Crippen LogP contribution in [-0.4, -0.2) is 16.1 Å². The SMILES string of the molecule is Cc1ccc(Nc2ccc(NC(=O)c3ccco3)nn2)cc1. The van der Waals surface area contributed by atoms with Crippen LogP contribution < -0.4 is 10.6 Å². The first-order chi connectivity index (χ1) is 10.7. The molecular weight excluding hydrogens is 280 g/mol. The largest absolute Gasteiger partial charge is 0.459 e. The molecule has 2 aromatic heterocycles. The van der Waals surface area contributed by atoms with Gasteiger partial charge in [0, 0.05) is 5.69 Å². The topological polar surface area (TPSA) is 80.0 Å². The summed E-state index contributed by atoms with van der Waals surface area (Å²) in [4.78, 5) is 11.8. The number of aromatic nitrogens is 2. The minimum atomic E-state index is -0.362. The molecule has 0 aliphatic heterocycles. The molecule has 0 atom stereocenters. The number of carbonyl (C=O) groups excluding carboxylic acids is 1. The number of benzene rings is 1. The van der Waals surface area contributed by atoms with Crippen molar-refractivity contribution in [1.29, 1.82) is 0 Å². The third-order valence-corrected chi connectivity index (χ3v) is 2.98. The molecule has 0 aliphatic rings. The average molecular weight is 294 g/mol. The van der Waals surface area contributed by atoms with Gasteiger partial charge in [-0.05, 0) is 43.3 Å². The lowest BCUT2D eigenvalue weighted by Crippen LogP contribution is -2.12. The Labute approximate surface area is 127 Å². The van der Waals surface area contributed by atoms with Crippen molar-refractivity contribution in [3.05, 3.63) is 66.1 Å². The molecular formula is C16H14N4O2. The maximum Gasteiger partial charge on any atom is 0.292 e. The van der Waals surface area contributed by atoms with Crippen LogP contribution in [0.4, 0.5) is 17.3 Å². The fraction of sp³-hybridized carbons (Fsp3) is 0.0625. The molecule has 0 fully saturated rings. The second-order valence-electron chi connectivity index (χ2n) is 4.73. The van der Waals surface area contributed by atoms with Crippen LogP contribution in [0.25, 0.3) is 0 Å². The molecule has 0 unspecified atom stereocenters. The number of carbonyl (C=O) groups is 1. The summed E-state index contributed by atoms with van der Waals surface area (Å²) in [6.45, 7) is 2.03. The fourth-order valence-electron chi connectivity index (χ4n) is 1.84. The summed E-state index contributed by atoms with van der Waals surface area (Å²) in [6.07, 6.45) is 1.44. The van der Waals surface area contributed by atoms with Gasteiger partial charge in [0.25, 0.3) is 5.91 Å². The van der Waals surface area contributed by atoms with Gasteiger partial charge in [-0.2, -0.15) is 0 Å². The van der Waals surface area contributed by atoms with E-state index in [4.69, 9.17) is 4.42 Å². The normalized spacial score (nSPS) is 10.2. The fourth-order valence-corrected chi connectivity index (χ4v) is 1.84. The third kappa shape index (κ3) is 3.29. The maximum absolute atomic E-state index is 11.8. The molecule has 6 heteroatoms. The van der Waals surface area contributed by atoms with Crippen molar-refractivity contribution in [2.45, 2.75) is 6.92 Å². The van der Waals surface area contributed by atoms with E-state index < -0.39 is 0 Å². The lowest BCUT2D eigenvalue weighted by Gasteiger charge is -2.06. The van der Waals surface area contributed by atoms with Gasteiger partial charge >= 0.3 is 0 Å². The smallest absolute Gasteiger partial charge is 0.292 e. The number of nitrogens with zero attached hydrogens (tertiary/aromatic N) is 2. The number of aryl methyl sites for hydroxylation is 1. The second kappa shape index (κ2) is 6.09. The molecule has 3 rings (SSSR count). The van der Waals surface area contributed by atoms with E-state index in [1.54, 1.807) is 24.3 Å². The van der Waals surface area contributed by atoms with Crippen molar-refractivity contribution in [2.75, 3.05) is 10.6 Å². The van der Waals surface area contributed by atoms with Crippen LogP contribution in [0.5, 0.6) is 0 Å². The quantitative estimate of drug-likeness (QED) is 0.771. The monoisotopic (exact) mass is 294 g/mol. The Bertz CT molecular complexity index is 750. The molecule has 2 N–H and O–H groups in total. The van der Waals surface area contributed by atoms with E-state index in [1.807, 2.05) is 31.2 Å². The lowest BCUT2D eigenvalue weighted by atomic mass is 10.2. The number of amides is 1. The minimum absolute atomic E-state index is 0.226. The Morgan fingerprint density at radius 3 is 2.36 bits per heavy atom. The van der Waals surface area contributed by atoms with Gasteiger partial charge in [-0.3, -0.25) is 4.79 Å². The number of hydrogen-bond acceptors (Lipinski definition) is 5. The Balaban J connectivity index is 1.65. The summed E-state index contributed by atoms with van der Waals surface area (Å²) in [5.74, 6) is 0.818. The first kappa shape index (κ1) is 13.8. The second-order valence-corrected chi connectivity index (χ2v) is 4.73. The zero-order chi connectivity index (χ0) is 15.4. The Morgan fingerprint density at radius 2 is 1.73 bits per heavy atom. The van der Waals surface area contributed by atoms with Gasteiger partial charge in [-0.15, -0.1) is 10.2 Å². The Kier molecular flexibility index (Phi) is 3.82. The first-order valence-electron chi connectivity index (χ1n) is 6.73. The molecule has 110 valence electrons. The zero-order valence-electron chi connectivity index (χ0n) is 11.9. The van der Waals surface area contributed by atoms with Crippen molar-refractivity contribution >= 4 is 23.2 Å².